The monoisotopic (exact) mass is 303 g/mol. The molecule has 2 atom stereocenters. The summed E-state index contributed by atoms with van der Waals surface area (Å²) in [7, 11) is 0. The molecule has 0 saturated carbocycles. The normalized spacial score (nSPS) is 30.4. The molecule has 0 bridgehead atoms. The molecule has 0 aliphatic carbocycles. The molecule has 2 unspecified atom stereocenters. The van der Waals surface area contributed by atoms with Crippen molar-refractivity contribution in [2.45, 2.75) is 45.6 Å². The van der Waals surface area contributed by atoms with Crippen LogP contribution >= 0.6 is 0 Å². The third-order valence-electron chi connectivity index (χ3n) is 5.20. The molecule has 0 amide bonds. The number of rotatable bonds is 5. The molecular weight excluding hydrogens is 272 g/mol. The summed E-state index contributed by atoms with van der Waals surface area (Å²) < 4.78 is 29.1. The van der Waals surface area contributed by atoms with Gasteiger partial charge < -0.3 is 4.90 Å². The maximum Gasteiger partial charge on any atom is 0.275 e. The molecule has 2 heterocycles. The number of likely N-dealkylation sites (N-methyl/N-ethyl adjacent to an activating group) is 1. The van der Waals surface area contributed by atoms with Gasteiger partial charge >= 0.3 is 0 Å². The summed E-state index contributed by atoms with van der Waals surface area (Å²) in [6.07, 6.45) is 1.67. The van der Waals surface area contributed by atoms with Gasteiger partial charge in [-0.1, -0.05) is 27.2 Å². The lowest BCUT2D eigenvalue weighted by molar-refractivity contribution is -0.134. The predicted molar refractivity (Wildman–Crippen MR) is 82.9 cm³/mol. The standard InChI is InChI=1S/C16H31F2N3/c1-4-14(3)12-20-7-6-15(16(17,18)13-20)21-10-8-19(5-2)9-11-21/h14-15H,4-13H2,1-3H3. The molecule has 0 aromatic rings. The summed E-state index contributed by atoms with van der Waals surface area (Å²) in [6, 6.07) is -0.551. The van der Waals surface area contributed by atoms with Crippen molar-refractivity contribution in [2.24, 2.45) is 5.92 Å². The van der Waals surface area contributed by atoms with E-state index in [1.54, 1.807) is 0 Å². The van der Waals surface area contributed by atoms with E-state index < -0.39 is 12.0 Å². The number of alkyl halides is 2. The Labute approximate surface area is 128 Å². The lowest BCUT2D eigenvalue weighted by atomic mass is 9.96. The molecule has 2 saturated heterocycles. The summed E-state index contributed by atoms with van der Waals surface area (Å²) >= 11 is 0. The van der Waals surface area contributed by atoms with E-state index >= 15 is 0 Å². The minimum atomic E-state index is -2.57. The Bertz CT molecular complexity index is 317. The van der Waals surface area contributed by atoms with Crippen LogP contribution in [0.4, 0.5) is 8.78 Å². The average Bonchev–Trinajstić information content (AvgIpc) is 2.46. The lowest BCUT2D eigenvalue weighted by Crippen LogP contribution is -2.62. The summed E-state index contributed by atoms with van der Waals surface area (Å²) in [4.78, 5) is 6.34. The molecule has 2 aliphatic rings. The molecule has 0 N–H and O–H groups in total. The van der Waals surface area contributed by atoms with Gasteiger partial charge in [0, 0.05) is 39.3 Å². The van der Waals surface area contributed by atoms with Gasteiger partial charge in [-0.15, -0.1) is 0 Å². The zero-order valence-electron chi connectivity index (χ0n) is 13.8. The van der Waals surface area contributed by atoms with E-state index in [9.17, 15) is 8.78 Å². The van der Waals surface area contributed by atoms with Crippen LogP contribution in [0, 0.1) is 5.92 Å². The highest BCUT2D eigenvalue weighted by atomic mass is 19.3. The topological polar surface area (TPSA) is 9.72 Å². The van der Waals surface area contributed by atoms with E-state index in [2.05, 4.69) is 25.7 Å². The SMILES string of the molecule is CCC(C)CN1CCC(N2CCN(CC)CC2)C(F)(F)C1. The number of nitrogens with zero attached hydrogens (tertiary/aromatic N) is 3. The second-order valence-electron chi connectivity index (χ2n) is 6.78. The number of piperidine rings is 1. The van der Waals surface area contributed by atoms with E-state index in [0.717, 1.165) is 52.2 Å². The molecule has 0 aromatic carbocycles. The van der Waals surface area contributed by atoms with Crippen molar-refractivity contribution >= 4 is 0 Å². The van der Waals surface area contributed by atoms with E-state index in [0.29, 0.717) is 12.3 Å². The lowest BCUT2D eigenvalue weighted by Gasteiger charge is -2.46. The third kappa shape index (κ3) is 4.36. The van der Waals surface area contributed by atoms with Crippen LogP contribution in [0.1, 0.15) is 33.6 Å². The number of hydrogen-bond acceptors (Lipinski definition) is 3. The largest absolute Gasteiger partial charge is 0.301 e. The predicted octanol–water partition coefficient (Wildman–Crippen LogP) is 2.38. The Morgan fingerprint density at radius 3 is 2.24 bits per heavy atom. The van der Waals surface area contributed by atoms with E-state index in [-0.39, 0.29) is 6.54 Å². The van der Waals surface area contributed by atoms with Crippen LogP contribution < -0.4 is 0 Å². The number of hydrogen-bond donors (Lipinski definition) is 0. The Morgan fingerprint density at radius 2 is 1.71 bits per heavy atom. The fourth-order valence-electron chi connectivity index (χ4n) is 3.57. The fraction of sp³-hybridized carbons (Fsp3) is 1.00. The Morgan fingerprint density at radius 1 is 1.05 bits per heavy atom. The van der Waals surface area contributed by atoms with Crippen molar-refractivity contribution in [3.05, 3.63) is 0 Å². The van der Waals surface area contributed by atoms with Crippen LogP contribution in [0.3, 0.4) is 0 Å². The molecule has 0 radical (unpaired) electrons. The number of likely N-dealkylation sites (tertiary alicyclic amines) is 1. The van der Waals surface area contributed by atoms with Crippen LogP contribution in [0.2, 0.25) is 0 Å². The van der Waals surface area contributed by atoms with Gasteiger partial charge in [-0.05, 0) is 18.9 Å². The minimum Gasteiger partial charge on any atom is -0.301 e. The molecule has 2 aliphatic heterocycles. The van der Waals surface area contributed by atoms with Crippen LogP contribution in [-0.4, -0.2) is 79.0 Å². The van der Waals surface area contributed by atoms with Crippen molar-refractivity contribution < 1.29 is 8.78 Å². The van der Waals surface area contributed by atoms with E-state index in [1.165, 1.54) is 0 Å². The third-order valence-corrected chi connectivity index (χ3v) is 5.20. The van der Waals surface area contributed by atoms with Gasteiger partial charge in [0.1, 0.15) is 0 Å². The highest BCUT2D eigenvalue weighted by Gasteiger charge is 2.47. The van der Waals surface area contributed by atoms with Gasteiger partial charge in [0.2, 0.25) is 0 Å². The van der Waals surface area contributed by atoms with Crippen molar-refractivity contribution in [1.29, 1.82) is 0 Å². The molecule has 5 heteroatoms. The van der Waals surface area contributed by atoms with Crippen LogP contribution in [0.15, 0.2) is 0 Å². The number of piperazine rings is 1. The quantitative estimate of drug-likeness (QED) is 0.772. The second kappa shape index (κ2) is 7.34. The van der Waals surface area contributed by atoms with Gasteiger partial charge in [0.25, 0.3) is 5.92 Å². The maximum atomic E-state index is 14.5. The van der Waals surface area contributed by atoms with Crippen molar-refractivity contribution in [1.82, 2.24) is 14.7 Å². The number of halogens is 2. The zero-order chi connectivity index (χ0) is 15.5. The fourth-order valence-corrected chi connectivity index (χ4v) is 3.57. The molecule has 2 rings (SSSR count). The molecular formula is C16H31F2N3. The molecule has 0 aromatic heterocycles. The summed E-state index contributed by atoms with van der Waals surface area (Å²) in [5, 5.41) is 0. The second-order valence-corrected chi connectivity index (χ2v) is 6.78. The van der Waals surface area contributed by atoms with Crippen molar-refractivity contribution in [2.75, 3.05) is 52.4 Å². The Hall–Kier alpha value is -0.260. The minimum absolute atomic E-state index is 0.0595. The van der Waals surface area contributed by atoms with Gasteiger partial charge in [-0.2, -0.15) is 0 Å². The highest BCUT2D eigenvalue weighted by Crippen LogP contribution is 2.32. The molecule has 2 fully saturated rings. The summed E-state index contributed by atoms with van der Waals surface area (Å²) in [5.74, 6) is -2.06. The maximum absolute atomic E-state index is 14.5. The van der Waals surface area contributed by atoms with Gasteiger partial charge in [-0.3, -0.25) is 9.80 Å². The highest BCUT2D eigenvalue weighted by molar-refractivity contribution is 4.94. The molecule has 21 heavy (non-hydrogen) atoms. The first-order valence-electron chi connectivity index (χ1n) is 8.52. The molecule has 3 nitrogen and oxygen atoms in total. The average molecular weight is 303 g/mol. The van der Waals surface area contributed by atoms with Crippen LogP contribution in [0.25, 0.3) is 0 Å². The van der Waals surface area contributed by atoms with Gasteiger partial charge in [0.15, 0.2) is 0 Å². The first-order valence-corrected chi connectivity index (χ1v) is 8.52. The first kappa shape index (κ1) is 17.1. The summed E-state index contributed by atoms with van der Waals surface area (Å²) in [6.45, 7) is 12.4. The van der Waals surface area contributed by atoms with Gasteiger partial charge in [-0.25, -0.2) is 8.78 Å². The molecule has 0 spiro atoms. The zero-order valence-corrected chi connectivity index (χ0v) is 13.8. The molecule has 124 valence electrons. The van der Waals surface area contributed by atoms with Gasteiger partial charge in [0.05, 0.1) is 12.6 Å². The summed E-state index contributed by atoms with van der Waals surface area (Å²) in [5.41, 5.74) is 0. The Balaban J connectivity index is 1.88. The van der Waals surface area contributed by atoms with Crippen LogP contribution in [0.5, 0.6) is 0 Å². The Kier molecular flexibility index (Phi) is 5.97. The van der Waals surface area contributed by atoms with E-state index in [4.69, 9.17) is 0 Å². The van der Waals surface area contributed by atoms with Crippen molar-refractivity contribution in [3.8, 4) is 0 Å². The first-order chi connectivity index (χ1) is 9.96. The van der Waals surface area contributed by atoms with E-state index in [1.807, 2.05) is 9.80 Å². The smallest absolute Gasteiger partial charge is 0.275 e. The van der Waals surface area contributed by atoms with Crippen molar-refractivity contribution in [3.63, 3.8) is 0 Å². The van der Waals surface area contributed by atoms with Crippen LogP contribution in [-0.2, 0) is 0 Å².